The molecule has 0 unspecified atom stereocenters. The van der Waals surface area contributed by atoms with Crippen LogP contribution in [0.2, 0.25) is 0 Å². The van der Waals surface area contributed by atoms with Crippen LogP contribution in [0.3, 0.4) is 0 Å². The van der Waals surface area contributed by atoms with E-state index in [1.165, 1.54) is 12.1 Å². The molecule has 1 N–H and O–H groups in total. The van der Waals surface area contributed by atoms with Crippen molar-refractivity contribution in [3.05, 3.63) is 64.0 Å². The normalized spacial score (nSPS) is 10.1. The second-order valence-electron chi connectivity index (χ2n) is 3.97. The Kier molecular flexibility index (Phi) is 3.52. The summed E-state index contributed by atoms with van der Waals surface area (Å²) < 4.78 is 0. The van der Waals surface area contributed by atoms with Crippen molar-refractivity contribution in [3.63, 3.8) is 0 Å². The fourth-order valence-electron chi connectivity index (χ4n) is 1.54. The Morgan fingerprint density at radius 2 is 2.17 bits per heavy atom. The maximum Gasteiger partial charge on any atom is 0.271 e. The van der Waals surface area contributed by atoms with Crippen LogP contribution in [0, 0.1) is 17.0 Å². The molecule has 5 heteroatoms. The Bertz CT molecular complexity index is 552. The van der Waals surface area contributed by atoms with Gasteiger partial charge in [0, 0.05) is 36.3 Å². The highest BCUT2D eigenvalue weighted by molar-refractivity contribution is 5.51. The van der Waals surface area contributed by atoms with Crippen LogP contribution in [-0.2, 0) is 6.54 Å². The standard InChI is InChI=1S/C13H13N3O2/c1-10-5-6-11(8-14-10)9-15-12-3-2-4-13(7-12)16(17)18/h2-8,15H,9H2,1H3. The van der Waals surface area contributed by atoms with Gasteiger partial charge in [0.05, 0.1) is 4.92 Å². The van der Waals surface area contributed by atoms with Gasteiger partial charge in [-0.15, -0.1) is 0 Å². The number of nitro benzene ring substituents is 1. The topological polar surface area (TPSA) is 68.1 Å². The molecule has 0 saturated heterocycles. The van der Waals surface area contributed by atoms with Crippen molar-refractivity contribution in [2.45, 2.75) is 13.5 Å². The van der Waals surface area contributed by atoms with Crippen molar-refractivity contribution in [1.29, 1.82) is 0 Å². The van der Waals surface area contributed by atoms with E-state index in [2.05, 4.69) is 10.3 Å². The monoisotopic (exact) mass is 243 g/mol. The van der Waals surface area contributed by atoms with Gasteiger partial charge in [-0.1, -0.05) is 12.1 Å². The zero-order valence-corrected chi connectivity index (χ0v) is 9.96. The lowest BCUT2D eigenvalue weighted by molar-refractivity contribution is -0.384. The second kappa shape index (κ2) is 5.27. The molecule has 0 amide bonds. The summed E-state index contributed by atoms with van der Waals surface area (Å²) in [5.41, 5.74) is 2.81. The molecule has 0 aliphatic rings. The van der Waals surface area contributed by atoms with Gasteiger partial charge in [-0.25, -0.2) is 0 Å². The number of hydrogen-bond acceptors (Lipinski definition) is 4. The molecule has 2 rings (SSSR count). The van der Waals surface area contributed by atoms with E-state index >= 15 is 0 Å². The molecule has 1 aromatic carbocycles. The van der Waals surface area contributed by atoms with Crippen molar-refractivity contribution in [2.24, 2.45) is 0 Å². The number of nitro groups is 1. The van der Waals surface area contributed by atoms with Crippen molar-refractivity contribution < 1.29 is 4.92 Å². The van der Waals surface area contributed by atoms with E-state index in [0.717, 1.165) is 16.9 Å². The highest BCUT2D eigenvalue weighted by Crippen LogP contribution is 2.17. The summed E-state index contributed by atoms with van der Waals surface area (Å²) in [5.74, 6) is 0. The van der Waals surface area contributed by atoms with Crippen molar-refractivity contribution in [2.75, 3.05) is 5.32 Å². The van der Waals surface area contributed by atoms with E-state index in [4.69, 9.17) is 0 Å². The van der Waals surface area contributed by atoms with E-state index in [0.29, 0.717) is 6.54 Å². The zero-order valence-electron chi connectivity index (χ0n) is 9.96. The minimum atomic E-state index is -0.404. The Hall–Kier alpha value is -2.43. The van der Waals surface area contributed by atoms with Gasteiger partial charge in [0.25, 0.3) is 5.69 Å². The Balaban J connectivity index is 2.04. The Morgan fingerprint density at radius 1 is 1.33 bits per heavy atom. The number of aromatic nitrogens is 1. The molecule has 0 bridgehead atoms. The van der Waals surface area contributed by atoms with Crippen LogP contribution in [0.4, 0.5) is 11.4 Å². The lowest BCUT2D eigenvalue weighted by Crippen LogP contribution is -2.00. The molecule has 5 nitrogen and oxygen atoms in total. The SMILES string of the molecule is Cc1ccc(CNc2cccc([N+](=O)[O-])c2)cn1. The number of nitrogens with zero attached hydrogens (tertiary/aromatic N) is 2. The molecular weight excluding hydrogens is 230 g/mol. The van der Waals surface area contributed by atoms with Crippen LogP contribution >= 0.6 is 0 Å². The highest BCUT2D eigenvalue weighted by atomic mass is 16.6. The number of benzene rings is 1. The Morgan fingerprint density at radius 3 is 2.83 bits per heavy atom. The van der Waals surface area contributed by atoms with E-state index in [9.17, 15) is 10.1 Å². The van der Waals surface area contributed by atoms with E-state index in [-0.39, 0.29) is 5.69 Å². The molecule has 1 heterocycles. The van der Waals surface area contributed by atoms with Gasteiger partial charge in [-0.3, -0.25) is 15.1 Å². The minimum absolute atomic E-state index is 0.0852. The maximum absolute atomic E-state index is 10.6. The summed E-state index contributed by atoms with van der Waals surface area (Å²) in [4.78, 5) is 14.4. The molecule has 0 radical (unpaired) electrons. The average molecular weight is 243 g/mol. The molecule has 0 spiro atoms. The van der Waals surface area contributed by atoms with Gasteiger partial charge >= 0.3 is 0 Å². The predicted molar refractivity (Wildman–Crippen MR) is 69.4 cm³/mol. The predicted octanol–water partition coefficient (Wildman–Crippen LogP) is 2.91. The quantitative estimate of drug-likeness (QED) is 0.662. The molecule has 0 aliphatic heterocycles. The van der Waals surface area contributed by atoms with E-state index in [1.54, 1.807) is 18.3 Å². The van der Waals surface area contributed by atoms with Crippen LogP contribution in [0.25, 0.3) is 0 Å². The van der Waals surface area contributed by atoms with Gasteiger partial charge in [-0.2, -0.15) is 0 Å². The van der Waals surface area contributed by atoms with Crippen molar-refractivity contribution in [1.82, 2.24) is 4.98 Å². The van der Waals surface area contributed by atoms with Gasteiger partial charge in [-0.05, 0) is 24.6 Å². The molecule has 0 atom stereocenters. The summed E-state index contributed by atoms with van der Waals surface area (Å²) in [6, 6.07) is 10.4. The third kappa shape index (κ3) is 3.04. The van der Waals surface area contributed by atoms with Gasteiger partial charge in [0.2, 0.25) is 0 Å². The fourth-order valence-corrected chi connectivity index (χ4v) is 1.54. The number of anilines is 1. The van der Waals surface area contributed by atoms with Crippen LogP contribution in [0.5, 0.6) is 0 Å². The first-order valence-electron chi connectivity index (χ1n) is 5.55. The average Bonchev–Trinajstić information content (AvgIpc) is 2.38. The highest BCUT2D eigenvalue weighted by Gasteiger charge is 2.05. The van der Waals surface area contributed by atoms with Crippen molar-refractivity contribution >= 4 is 11.4 Å². The number of pyridine rings is 1. The number of aryl methyl sites for hydroxylation is 1. The summed E-state index contributed by atoms with van der Waals surface area (Å²) in [7, 11) is 0. The third-order valence-corrected chi connectivity index (χ3v) is 2.53. The first kappa shape index (κ1) is 12.0. The second-order valence-corrected chi connectivity index (χ2v) is 3.97. The molecule has 0 saturated carbocycles. The maximum atomic E-state index is 10.6. The van der Waals surface area contributed by atoms with Crippen LogP contribution in [0.15, 0.2) is 42.6 Å². The summed E-state index contributed by atoms with van der Waals surface area (Å²) in [6.45, 7) is 2.52. The molecular formula is C13H13N3O2. The molecule has 1 aromatic heterocycles. The van der Waals surface area contributed by atoms with Gasteiger partial charge in [0.1, 0.15) is 0 Å². The fraction of sp³-hybridized carbons (Fsp3) is 0.154. The Labute approximate surface area is 105 Å². The summed E-state index contributed by atoms with van der Waals surface area (Å²) >= 11 is 0. The number of hydrogen-bond donors (Lipinski definition) is 1. The van der Waals surface area contributed by atoms with E-state index < -0.39 is 4.92 Å². The third-order valence-electron chi connectivity index (χ3n) is 2.53. The molecule has 0 aliphatic carbocycles. The minimum Gasteiger partial charge on any atom is -0.381 e. The zero-order chi connectivity index (χ0) is 13.0. The van der Waals surface area contributed by atoms with Gasteiger partial charge in [0.15, 0.2) is 0 Å². The first-order valence-corrected chi connectivity index (χ1v) is 5.55. The smallest absolute Gasteiger partial charge is 0.271 e. The summed E-state index contributed by atoms with van der Waals surface area (Å²) in [5, 5.41) is 13.8. The van der Waals surface area contributed by atoms with Crippen LogP contribution < -0.4 is 5.32 Å². The number of rotatable bonds is 4. The van der Waals surface area contributed by atoms with Crippen LogP contribution in [-0.4, -0.2) is 9.91 Å². The molecule has 18 heavy (non-hydrogen) atoms. The molecule has 0 fully saturated rings. The lowest BCUT2D eigenvalue weighted by Gasteiger charge is -2.06. The van der Waals surface area contributed by atoms with Crippen LogP contribution in [0.1, 0.15) is 11.3 Å². The first-order chi connectivity index (χ1) is 8.65. The molecule has 92 valence electrons. The van der Waals surface area contributed by atoms with E-state index in [1.807, 2.05) is 19.1 Å². The van der Waals surface area contributed by atoms with Crippen molar-refractivity contribution in [3.8, 4) is 0 Å². The van der Waals surface area contributed by atoms with Gasteiger partial charge < -0.3 is 5.32 Å². The lowest BCUT2D eigenvalue weighted by atomic mass is 10.2. The number of nitrogens with one attached hydrogen (secondary N) is 1. The summed E-state index contributed by atoms with van der Waals surface area (Å²) in [6.07, 6.45) is 1.79. The number of non-ortho nitro benzene ring substituents is 1. The largest absolute Gasteiger partial charge is 0.381 e. The molecule has 2 aromatic rings.